The molecule has 1 unspecified atom stereocenters. The van der Waals surface area contributed by atoms with E-state index < -0.39 is 18.1 Å². The minimum atomic E-state index is -0.751. The number of esters is 1. The van der Waals surface area contributed by atoms with Crippen LogP contribution in [0.15, 0.2) is 16.9 Å². The number of hydrogen-bond acceptors (Lipinski definition) is 5. The molecule has 0 fully saturated rings. The molecule has 2 atom stereocenters. The van der Waals surface area contributed by atoms with Crippen LogP contribution in [0.1, 0.15) is 26.3 Å². The molecule has 8 heteroatoms. The third-order valence-electron chi connectivity index (χ3n) is 2.65. The Hall–Kier alpha value is -1.02. The van der Waals surface area contributed by atoms with Crippen molar-refractivity contribution < 1.29 is 14.3 Å². The summed E-state index contributed by atoms with van der Waals surface area (Å²) in [6.07, 6.45) is 3.88. The van der Waals surface area contributed by atoms with Gasteiger partial charge in [-0.1, -0.05) is 6.92 Å². The molecule has 0 aliphatic heterocycles. The molecule has 6 nitrogen and oxygen atoms in total. The first-order chi connectivity index (χ1) is 9.53. The topological polar surface area (TPSA) is 73.2 Å². The summed E-state index contributed by atoms with van der Waals surface area (Å²) < 4.78 is 7.23. The normalized spacial score (nSPS) is 13.6. The molecular formula is C12H18BrN3O3S. The lowest BCUT2D eigenvalue weighted by Gasteiger charge is -2.20. The lowest BCUT2D eigenvalue weighted by atomic mass is 10.2. The minimum absolute atomic E-state index is 0.184. The fourth-order valence-electron chi connectivity index (χ4n) is 1.67. The number of nitrogens with zero attached hydrogens (tertiary/aromatic N) is 2. The van der Waals surface area contributed by atoms with Crippen LogP contribution in [0.5, 0.6) is 0 Å². The molecule has 0 saturated carbocycles. The highest BCUT2D eigenvalue weighted by Gasteiger charge is 2.26. The maximum Gasteiger partial charge on any atom is 0.329 e. The van der Waals surface area contributed by atoms with E-state index >= 15 is 0 Å². The third-order valence-corrected chi connectivity index (χ3v) is 3.42. The lowest BCUT2D eigenvalue weighted by molar-refractivity contribution is -0.147. The van der Waals surface area contributed by atoms with E-state index in [1.54, 1.807) is 24.0 Å². The Kier molecular flexibility index (Phi) is 7.08. The molecule has 1 rings (SSSR count). The van der Waals surface area contributed by atoms with Gasteiger partial charge in [-0.05, 0) is 29.3 Å². The Bertz CT molecular complexity index is 467. The monoisotopic (exact) mass is 363 g/mol. The van der Waals surface area contributed by atoms with Gasteiger partial charge in [0.2, 0.25) is 5.91 Å². The first kappa shape index (κ1) is 17.0. The number of carbonyl (C=O) groups excluding carboxylic acids is 2. The predicted molar refractivity (Wildman–Crippen MR) is 81.7 cm³/mol. The van der Waals surface area contributed by atoms with Crippen LogP contribution in [-0.4, -0.2) is 40.1 Å². The zero-order valence-electron chi connectivity index (χ0n) is 11.4. The van der Waals surface area contributed by atoms with Gasteiger partial charge in [0.05, 0.1) is 17.3 Å². The highest BCUT2D eigenvalue weighted by molar-refractivity contribution is 9.10. The van der Waals surface area contributed by atoms with Crippen LogP contribution in [0, 0.1) is 0 Å². The molecular weight excluding hydrogens is 346 g/mol. The van der Waals surface area contributed by atoms with Crippen molar-refractivity contribution in [3.63, 3.8) is 0 Å². The van der Waals surface area contributed by atoms with Gasteiger partial charge in [0, 0.05) is 11.9 Å². The van der Waals surface area contributed by atoms with Crippen molar-refractivity contribution in [3.8, 4) is 0 Å². The van der Waals surface area contributed by atoms with Crippen molar-refractivity contribution in [2.75, 3.05) is 12.4 Å². The quantitative estimate of drug-likeness (QED) is 0.569. The first-order valence-electron chi connectivity index (χ1n) is 6.30. The van der Waals surface area contributed by atoms with E-state index in [2.05, 4.69) is 39.0 Å². The SMILES string of the molecule is CCOC(=O)[C@H](CS)NC(=O)C(CC)n1cc(Br)cn1. The van der Waals surface area contributed by atoms with Crippen molar-refractivity contribution in [2.45, 2.75) is 32.4 Å². The molecule has 112 valence electrons. The second kappa shape index (κ2) is 8.31. The molecule has 0 spiro atoms. The molecule has 1 heterocycles. The number of amides is 1. The van der Waals surface area contributed by atoms with Crippen LogP contribution >= 0.6 is 28.6 Å². The van der Waals surface area contributed by atoms with E-state index in [9.17, 15) is 9.59 Å². The van der Waals surface area contributed by atoms with Gasteiger partial charge in [0.25, 0.3) is 0 Å². The molecule has 0 saturated heterocycles. The molecule has 0 radical (unpaired) electrons. The summed E-state index contributed by atoms with van der Waals surface area (Å²) in [7, 11) is 0. The molecule has 1 aromatic rings. The van der Waals surface area contributed by atoms with Gasteiger partial charge in [-0.3, -0.25) is 9.48 Å². The van der Waals surface area contributed by atoms with E-state index in [-0.39, 0.29) is 18.3 Å². The van der Waals surface area contributed by atoms with Gasteiger partial charge in [-0.15, -0.1) is 0 Å². The van der Waals surface area contributed by atoms with Crippen LogP contribution in [0.25, 0.3) is 0 Å². The first-order valence-corrected chi connectivity index (χ1v) is 7.73. The lowest BCUT2D eigenvalue weighted by Crippen LogP contribution is -2.46. The number of carbonyl (C=O) groups is 2. The number of ether oxygens (including phenoxy) is 1. The standard InChI is InChI=1S/C12H18BrN3O3S/c1-3-10(16-6-8(13)5-14-16)11(17)15-9(7-20)12(18)19-4-2/h5-6,9-10,20H,3-4,7H2,1-2H3,(H,15,17)/t9-,10?/m0/s1. The fraction of sp³-hybridized carbons (Fsp3) is 0.583. The van der Waals surface area contributed by atoms with Crippen molar-refractivity contribution in [3.05, 3.63) is 16.9 Å². The van der Waals surface area contributed by atoms with Crippen LogP contribution in [0.4, 0.5) is 0 Å². The number of rotatable bonds is 7. The van der Waals surface area contributed by atoms with Gasteiger partial charge in [-0.2, -0.15) is 17.7 Å². The zero-order valence-corrected chi connectivity index (χ0v) is 13.9. The summed E-state index contributed by atoms with van der Waals surface area (Å²) in [5.74, 6) is -0.577. The summed E-state index contributed by atoms with van der Waals surface area (Å²) in [6.45, 7) is 3.85. The maximum atomic E-state index is 12.2. The van der Waals surface area contributed by atoms with Gasteiger partial charge in [-0.25, -0.2) is 4.79 Å². The summed E-state index contributed by atoms with van der Waals surface area (Å²) in [5.41, 5.74) is 0. The maximum absolute atomic E-state index is 12.2. The Morgan fingerprint density at radius 3 is 2.70 bits per heavy atom. The van der Waals surface area contributed by atoms with Crippen molar-refractivity contribution in [1.82, 2.24) is 15.1 Å². The van der Waals surface area contributed by atoms with E-state index in [1.807, 2.05) is 6.92 Å². The van der Waals surface area contributed by atoms with Gasteiger partial charge < -0.3 is 10.1 Å². The third kappa shape index (κ3) is 4.52. The Labute approximate surface area is 131 Å². The Balaban J connectivity index is 2.74. The number of thiol groups is 1. The average Bonchev–Trinajstić information content (AvgIpc) is 2.83. The molecule has 1 N–H and O–H groups in total. The zero-order chi connectivity index (χ0) is 15.1. The molecule has 20 heavy (non-hydrogen) atoms. The van der Waals surface area contributed by atoms with Gasteiger partial charge in [0.15, 0.2) is 0 Å². The predicted octanol–water partition coefficient (Wildman–Crippen LogP) is 1.57. The smallest absolute Gasteiger partial charge is 0.329 e. The highest BCUT2D eigenvalue weighted by atomic mass is 79.9. The fourth-order valence-corrected chi connectivity index (χ4v) is 2.21. The van der Waals surface area contributed by atoms with Crippen LogP contribution in [-0.2, 0) is 14.3 Å². The minimum Gasteiger partial charge on any atom is -0.464 e. The van der Waals surface area contributed by atoms with Crippen molar-refractivity contribution in [1.29, 1.82) is 0 Å². The van der Waals surface area contributed by atoms with E-state index in [4.69, 9.17) is 4.74 Å². The Morgan fingerprint density at radius 2 is 2.25 bits per heavy atom. The van der Waals surface area contributed by atoms with Gasteiger partial charge in [0.1, 0.15) is 12.1 Å². The molecule has 0 aromatic carbocycles. The van der Waals surface area contributed by atoms with Gasteiger partial charge >= 0.3 is 5.97 Å². The highest BCUT2D eigenvalue weighted by Crippen LogP contribution is 2.15. The average molecular weight is 364 g/mol. The molecule has 1 amide bonds. The van der Waals surface area contributed by atoms with E-state index in [0.717, 1.165) is 4.47 Å². The number of halogens is 1. The largest absolute Gasteiger partial charge is 0.464 e. The Morgan fingerprint density at radius 1 is 1.55 bits per heavy atom. The van der Waals surface area contributed by atoms with Crippen molar-refractivity contribution >= 4 is 40.4 Å². The summed E-state index contributed by atoms with van der Waals surface area (Å²) >= 11 is 7.35. The van der Waals surface area contributed by atoms with Crippen LogP contribution in [0.3, 0.4) is 0 Å². The second-order valence-corrected chi connectivity index (χ2v) is 5.34. The molecule has 1 aromatic heterocycles. The summed E-state index contributed by atoms with van der Waals surface area (Å²) in [5, 5.41) is 6.74. The van der Waals surface area contributed by atoms with Crippen LogP contribution in [0.2, 0.25) is 0 Å². The molecule has 0 bridgehead atoms. The molecule has 0 aliphatic carbocycles. The van der Waals surface area contributed by atoms with Crippen molar-refractivity contribution in [2.24, 2.45) is 0 Å². The number of aromatic nitrogens is 2. The van der Waals surface area contributed by atoms with Crippen LogP contribution < -0.4 is 5.32 Å². The number of hydrogen-bond donors (Lipinski definition) is 2. The molecule has 0 aliphatic rings. The second-order valence-electron chi connectivity index (χ2n) is 4.06. The van der Waals surface area contributed by atoms with E-state index in [1.165, 1.54) is 0 Å². The summed E-state index contributed by atoms with van der Waals surface area (Å²) in [6, 6.07) is -1.23. The van der Waals surface area contributed by atoms with E-state index in [0.29, 0.717) is 6.42 Å². The number of nitrogens with one attached hydrogen (secondary N) is 1. The summed E-state index contributed by atoms with van der Waals surface area (Å²) in [4.78, 5) is 23.9.